The lowest BCUT2D eigenvalue weighted by molar-refractivity contribution is -0.385. The van der Waals surface area contributed by atoms with Crippen LogP contribution in [0.25, 0.3) is 23.3 Å². The van der Waals surface area contributed by atoms with Gasteiger partial charge in [-0.1, -0.05) is 0 Å². The summed E-state index contributed by atoms with van der Waals surface area (Å²) in [6.07, 6.45) is 2.97. The first-order valence-electron chi connectivity index (χ1n) is 9.18. The maximum atomic E-state index is 12.6. The van der Waals surface area contributed by atoms with E-state index < -0.39 is 16.2 Å². The number of nitrogens with zero attached hydrogens (tertiary/aromatic N) is 4. The molecule has 2 heterocycles. The number of nitro groups is 1. The second-order valence-electron chi connectivity index (χ2n) is 6.25. The smallest absolute Gasteiger partial charge is 0.332 e. The lowest BCUT2D eigenvalue weighted by Crippen LogP contribution is -2.39. The van der Waals surface area contributed by atoms with Crippen molar-refractivity contribution in [3.8, 4) is 11.5 Å². The van der Waals surface area contributed by atoms with E-state index in [1.54, 1.807) is 13.8 Å². The van der Waals surface area contributed by atoms with E-state index in [0.29, 0.717) is 12.3 Å². The predicted octanol–water partition coefficient (Wildman–Crippen LogP) is 2.02. The van der Waals surface area contributed by atoms with E-state index in [2.05, 4.69) is 9.97 Å². The summed E-state index contributed by atoms with van der Waals surface area (Å²) in [5, 5.41) is 11.4. The quantitative estimate of drug-likeness (QED) is 0.461. The number of rotatable bonds is 7. The average Bonchev–Trinajstić information content (AvgIpc) is 3.16. The van der Waals surface area contributed by atoms with Crippen molar-refractivity contribution in [2.45, 2.75) is 26.9 Å². The highest BCUT2D eigenvalue weighted by atomic mass is 16.6. The van der Waals surface area contributed by atoms with E-state index in [9.17, 15) is 19.7 Å². The molecule has 0 spiro atoms. The number of hydrogen-bond acceptors (Lipinski definition) is 7. The first-order chi connectivity index (χ1) is 14.4. The molecule has 3 rings (SSSR count). The minimum atomic E-state index is -0.533. The third kappa shape index (κ3) is 3.45. The van der Waals surface area contributed by atoms with Gasteiger partial charge in [0.25, 0.3) is 11.2 Å². The molecule has 11 heteroatoms. The summed E-state index contributed by atoms with van der Waals surface area (Å²) in [5.74, 6) is 0.844. The number of aromatic nitrogens is 4. The molecule has 0 radical (unpaired) electrons. The predicted molar refractivity (Wildman–Crippen MR) is 111 cm³/mol. The maximum absolute atomic E-state index is 12.6. The van der Waals surface area contributed by atoms with Crippen molar-refractivity contribution in [3.63, 3.8) is 0 Å². The van der Waals surface area contributed by atoms with Gasteiger partial charge in [-0.2, -0.15) is 0 Å². The summed E-state index contributed by atoms with van der Waals surface area (Å²) in [5.41, 5.74) is -0.393. The van der Waals surface area contributed by atoms with Crippen LogP contribution in [0.5, 0.6) is 11.5 Å². The van der Waals surface area contributed by atoms with Crippen LogP contribution in [-0.2, 0) is 13.1 Å². The van der Waals surface area contributed by atoms with E-state index >= 15 is 0 Å². The van der Waals surface area contributed by atoms with Gasteiger partial charge in [0.15, 0.2) is 17.1 Å². The second kappa shape index (κ2) is 8.23. The molecule has 1 N–H and O–H groups in total. The Hall–Kier alpha value is -3.89. The fourth-order valence-corrected chi connectivity index (χ4v) is 3.17. The van der Waals surface area contributed by atoms with Crippen molar-refractivity contribution in [2.24, 2.45) is 0 Å². The molecule has 0 aliphatic heterocycles. The molecule has 158 valence electrons. The van der Waals surface area contributed by atoms with Crippen LogP contribution in [0.1, 0.15) is 25.2 Å². The van der Waals surface area contributed by atoms with E-state index in [4.69, 9.17) is 9.47 Å². The van der Waals surface area contributed by atoms with Crippen LogP contribution >= 0.6 is 0 Å². The standard InChI is InChI=1S/C19H21N5O6/c1-5-22-17-16(18(25)23(6-2)19(22)26)20-15(21-17)8-7-11-9-13(29-3)14(30-4)10-12(11)24(27)28/h7-10H,5-6H2,1-4H3,(H,20,21)/b8-7+. The Balaban J connectivity index is 2.15. The summed E-state index contributed by atoms with van der Waals surface area (Å²) in [4.78, 5) is 43.2. The van der Waals surface area contributed by atoms with Gasteiger partial charge in [0.1, 0.15) is 11.3 Å². The van der Waals surface area contributed by atoms with E-state index in [-0.39, 0.29) is 40.5 Å². The third-order valence-electron chi connectivity index (χ3n) is 4.66. The Morgan fingerprint density at radius 3 is 2.30 bits per heavy atom. The number of imidazole rings is 1. The Kier molecular flexibility index (Phi) is 5.72. The van der Waals surface area contributed by atoms with Gasteiger partial charge in [0, 0.05) is 13.1 Å². The maximum Gasteiger partial charge on any atom is 0.332 e. The number of methoxy groups -OCH3 is 2. The monoisotopic (exact) mass is 415 g/mol. The molecule has 1 aromatic carbocycles. The Morgan fingerprint density at radius 1 is 1.10 bits per heavy atom. The number of H-pyrrole nitrogens is 1. The zero-order chi connectivity index (χ0) is 22.0. The molecule has 0 saturated heterocycles. The van der Waals surface area contributed by atoms with Gasteiger partial charge < -0.3 is 14.5 Å². The number of fused-ring (bicyclic) bond motifs is 1. The van der Waals surface area contributed by atoms with Crippen LogP contribution in [0.2, 0.25) is 0 Å². The molecule has 0 aliphatic rings. The molecule has 2 aromatic heterocycles. The molecule has 3 aromatic rings. The van der Waals surface area contributed by atoms with Crippen LogP contribution < -0.4 is 20.7 Å². The second-order valence-corrected chi connectivity index (χ2v) is 6.25. The van der Waals surface area contributed by atoms with Crippen molar-refractivity contribution >= 4 is 29.0 Å². The molecule has 30 heavy (non-hydrogen) atoms. The zero-order valence-corrected chi connectivity index (χ0v) is 17.0. The van der Waals surface area contributed by atoms with Crippen LogP contribution in [-0.4, -0.2) is 38.2 Å². The molecule has 0 aliphatic carbocycles. The highest BCUT2D eigenvalue weighted by molar-refractivity contribution is 5.78. The minimum Gasteiger partial charge on any atom is -0.493 e. The van der Waals surface area contributed by atoms with Crippen LogP contribution in [0, 0.1) is 10.1 Å². The lowest BCUT2D eigenvalue weighted by atomic mass is 10.1. The van der Waals surface area contributed by atoms with E-state index in [1.807, 2.05) is 0 Å². The van der Waals surface area contributed by atoms with Crippen molar-refractivity contribution in [1.82, 2.24) is 19.1 Å². The van der Waals surface area contributed by atoms with Crippen molar-refractivity contribution in [1.29, 1.82) is 0 Å². The van der Waals surface area contributed by atoms with Gasteiger partial charge in [0.2, 0.25) is 0 Å². The van der Waals surface area contributed by atoms with Crippen molar-refractivity contribution in [3.05, 3.63) is 54.5 Å². The normalized spacial score (nSPS) is 11.3. The fourth-order valence-electron chi connectivity index (χ4n) is 3.17. The van der Waals surface area contributed by atoms with Gasteiger partial charge in [-0.25, -0.2) is 9.78 Å². The van der Waals surface area contributed by atoms with Gasteiger partial charge in [-0.15, -0.1) is 0 Å². The molecule has 0 amide bonds. The van der Waals surface area contributed by atoms with Gasteiger partial charge >= 0.3 is 5.69 Å². The fraction of sp³-hybridized carbons (Fsp3) is 0.316. The first-order valence-corrected chi connectivity index (χ1v) is 9.18. The van der Waals surface area contributed by atoms with Crippen LogP contribution in [0.3, 0.4) is 0 Å². The summed E-state index contributed by atoms with van der Waals surface area (Å²) < 4.78 is 12.8. The number of nitrogens with one attached hydrogen (secondary N) is 1. The summed E-state index contributed by atoms with van der Waals surface area (Å²) in [6.45, 7) is 4.06. The number of benzene rings is 1. The number of ether oxygens (including phenoxy) is 2. The number of aryl methyl sites for hydroxylation is 1. The Morgan fingerprint density at radius 2 is 1.73 bits per heavy atom. The molecule has 0 saturated carbocycles. The van der Waals surface area contributed by atoms with Gasteiger partial charge in [-0.05, 0) is 32.1 Å². The Labute approximate surface area is 170 Å². The molecule has 0 bridgehead atoms. The molecular weight excluding hydrogens is 394 g/mol. The first kappa shape index (κ1) is 20.8. The molecule has 0 unspecified atom stereocenters. The van der Waals surface area contributed by atoms with Gasteiger partial charge in [-0.3, -0.25) is 24.0 Å². The third-order valence-corrected chi connectivity index (χ3v) is 4.66. The highest BCUT2D eigenvalue weighted by Crippen LogP contribution is 2.35. The zero-order valence-electron chi connectivity index (χ0n) is 17.0. The van der Waals surface area contributed by atoms with Gasteiger partial charge in [0.05, 0.1) is 30.8 Å². The summed E-state index contributed by atoms with van der Waals surface area (Å²) in [7, 11) is 2.82. The molecule has 0 atom stereocenters. The van der Waals surface area contributed by atoms with E-state index in [0.717, 1.165) is 4.57 Å². The molecule has 11 nitrogen and oxygen atoms in total. The number of hydrogen-bond donors (Lipinski definition) is 1. The van der Waals surface area contributed by atoms with E-state index in [1.165, 1.54) is 43.1 Å². The minimum absolute atomic E-state index is 0.182. The SMILES string of the molecule is CCn1c(=O)c2[nH]c(/C=C/c3cc(OC)c(OC)cc3[N+](=O)[O-])nc2n(CC)c1=O. The number of aromatic amines is 1. The molecular formula is C19H21N5O6. The summed E-state index contributed by atoms with van der Waals surface area (Å²) in [6, 6.07) is 2.74. The number of nitro benzene ring substituents is 1. The highest BCUT2D eigenvalue weighted by Gasteiger charge is 2.19. The topological polar surface area (TPSA) is 134 Å². The summed E-state index contributed by atoms with van der Waals surface area (Å²) >= 11 is 0. The lowest BCUT2D eigenvalue weighted by Gasteiger charge is -2.08. The average molecular weight is 415 g/mol. The van der Waals surface area contributed by atoms with Crippen molar-refractivity contribution in [2.75, 3.05) is 14.2 Å². The Bertz CT molecular complexity index is 1270. The molecule has 0 fully saturated rings. The van der Waals surface area contributed by atoms with Crippen molar-refractivity contribution < 1.29 is 14.4 Å². The van der Waals surface area contributed by atoms with Crippen LogP contribution in [0.4, 0.5) is 5.69 Å². The largest absolute Gasteiger partial charge is 0.493 e. The van der Waals surface area contributed by atoms with Crippen LogP contribution in [0.15, 0.2) is 21.7 Å².